The van der Waals surface area contributed by atoms with Gasteiger partial charge in [-0.3, -0.25) is 9.48 Å². The van der Waals surface area contributed by atoms with Crippen LogP contribution in [0.5, 0.6) is 0 Å². The van der Waals surface area contributed by atoms with Crippen LogP contribution in [0.1, 0.15) is 30.4 Å². The van der Waals surface area contributed by atoms with Crippen LogP contribution >= 0.6 is 0 Å². The van der Waals surface area contributed by atoms with Crippen molar-refractivity contribution in [2.24, 2.45) is 7.05 Å². The quantitative estimate of drug-likeness (QED) is 0.808. The number of nitrogens with zero attached hydrogens (tertiary/aromatic N) is 2. The van der Waals surface area contributed by atoms with Crippen LogP contribution in [-0.4, -0.2) is 15.6 Å². The molecule has 3 nitrogen and oxygen atoms in total. The van der Waals surface area contributed by atoms with Gasteiger partial charge in [0.1, 0.15) is 5.78 Å². The fourth-order valence-corrected chi connectivity index (χ4v) is 2.22. The van der Waals surface area contributed by atoms with Gasteiger partial charge in [0.15, 0.2) is 0 Å². The van der Waals surface area contributed by atoms with Crippen LogP contribution in [0, 0.1) is 0 Å². The Morgan fingerprint density at radius 1 is 1.33 bits per heavy atom. The highest BCUT2D eigenvalue weighted by molar-refractivity contribution is 5.87. The summed E-state index contributed by atoms with van der Waals surface area (Å²) in [6.07, 6.45) is 4.95. The lowest BCUT2D eigenvalue weighted by Crippen LogP contribution is -2.14. The van der Waals surface area contributed by atoms with Crippen LogP contribution < -0.4 is 0 Å². The van der Waals surface area contributed by atoms with E-state index in [9.17, 15) is 4.79 Å². The number of rotatable bonds is 5. The lowest BCUT2D eigenvalue weighted by molar-refractivity contribution is -0.119. The average Bonchev–Trinajstić information content (AvgIpc) is 2.77. The Labute approximate surface area is 107 Å². The Morgan fingerprint density at radius 2 is 2.06 bits per heavy atom. The molecular formula is C15H18N2O. The van der Waals surface area contributed by atoms with Crippen molar-refractivity contribution in [3.05, 3.63) is 53.9 Å². The number of aryl methyl sites for hydroxylation is 1. The molecule has 1 heterocycles. The van der Waals surface area contributed by atoms with Crippen molar-refractivity contribution < 1.29 is 4.79 Å². The van der Waals surface area contributed by atoms with Crippen molar-refractivity contribution in [3.8, 4) is 0 Å². The molecule has 2 aromatic rings. The first-order valence-electron chi connectivity index (χ1n) is 6.26. The van der Waals surface area contributed by atoms with E-state index in [1.807, 2.05) is 43.6 Å². The smallest absolute Gasteiger partial charge is 0.144 e. The Hall–Kier alpha value is -1.90. The summed E-state index contributed by atoms with van der Waals surface area (Å²) in [5.41, 5.74) is 2.09. The number of aromatic nitrogens is 2. The molecule has 0 N–H and O–H groups in total. The number of carbonyl (C=O) groups excluding carboxylic acids is 1. The molecule has 1 aromatic carbocycles. The number of carbonyl (C=O) groups is 1. The van der Waals surface area contributed by atoms with E-state index in [0.29, 0.717) is 6.42 Å². The zero-order chi connectivity index (χ0) is 13.0. The van der Waals surface area contributed by atoms with E-state index >= 15 is 0 Å². The Kier molecular flexibility index (Phi) is 3.92. The second-order valence-corrected chi connectivity index (χ2v) is 4.54. The third-order valence-corrected chi connectivity index (χ3v) is 3.14. The fourth-order valence-electron chi connectivity index (χ4n) is 2.22. The van der Waals surface area contributed by atoms with Crippen LogP contribution in [0.2, 0.25) is 0 Å². The van der Waals surface area contributed by atoms with Crippen molar-refractivity contribution in [2.75, 3.05) is 0 Å². The van der Waals surface area contributed by atoms with Crippen LogP contribution in [0.15, 0.2) is 42.7 Å². The van der Waals surface area contributed by atoms with E-state index in [-0.39, 0.29) is 11.7 Å². The van der Waals surface area contributed by atoms with Gasteiger partial charge in [-0.2, -0.15) is 5.10 Å². The maximum atomic E-state index is 12.3. The molecule has 1 atom stereocenters. The molecule has 0 aliphatic heterocycles. The molecule has 0 spiro atoms. The molecule has 1 unspecified atom stereocenters. The highest BCUT2D eigenvalue weighted by atomic mass is 16.1. The molecule has 0 amide bonds. The molecular weight excluding hydrogens is 224 g/mol. The van der Waals surface area contributed by atoms with E-state index in [4.69, 9.17) is 0 Å². The summed E-state index contributed by atoms with van der Waals surface area (Å²) < 4.78 is 1.73. The number of ketones is 1. The van der Waals surface area contributed by atoms with Gasteiger partial charge in [-0.05, 0) is 17.5 Å². The van der Waals surface area contributed by atoms with Crippen molar-refractivity contribution in [3.63, 3.8) is 0 Å². The number of benzene rings is 1. The summed E-state index contributed by atoms with van der Waals surface area (Å²) in [4.78, 5) is 12.3. The summed E-state index contributed by atoms with van der Waals surface area (Å²) in [5, 5.41) is 4.09. The van der Waals surface area contributed by atoms with Crippen molar-refractivity contribution in [2.45, 2.75) is 25.7 Å². The first-order valence-corrected chi connectivity index (χ1v) is 6.26. The molecule has 0 radical (unpaired) electrons. The van der Waals surface area contributed by atoms with E-state index in [0.717, 1.165) is 17.5 Å². The Balaban J connectivity index is 2.11. The highest BCUT2D eigenvalue weighted by Gasteiger charge is 2.18. The normalized spacial score (nSPS) is 12.3. The summed E-state index contributed by atoms with van der Waals surface area (Å²) >= 11 is 0. The molecule has 0 fully saturated rings. The van der Waals surface area contributed by atoms with Gasteiger partial charge in [0, 0.05) is 25.6 Å². The van der Waals surface area contributed by atoms with Gasteiger partial charge in [0.2, 0.25) is 0 Å². The minimum atomic E-state index is -0.00796. The lowest BCUT2D eigenvalue weighted by Gasteiger charge is -2.13. The van der Waals surface area contributed by atoms with E-state index in [1.54, 1.807) is 10.9 Å². The summed E-state index contributed by atoms with van der Waals surface area (Å²) in [5.74, 6) is 0.253. The van der Waals surface area contributed by atoms with Crippen molar-refractivity contribution >= 4 is 5.78 Å². The molecule has 0 aliphatic carbocycles. The molecule has 18 heavy (non-hydrogen) atoms. The molecule has 0 saturated heterocycles. The lowest BCUT2D eigenvalue weighted by atomic mass is 9.90. The summed E-state index contributed by atoms with van der Waals surface area (Å²) in [6, 6.07) is 9.98. The minimum absolute atomic E-state index is 0.00796. The minimum Gasteiger partial charge on any atom is -0.299 e. The molecule has 3 heteroatoms. The first-order chi connectivity index (χ1) is 8.70. The van der Waals surface area contributed by atoms with Gasteiger partial charge in [-0.15, -0.1) is 0 Å². The maximum Gasteiger partial charge on any atom is 0.144 e. The largest absolute Gasteiger partial charge is 0.299 e. The van der Waals surface area contributed by atoms with E-state index in [1.165, 1.54) is 0 Å². The SMILES string of the molecule is CCC(C(=O)Cc1cnn(C)c1)c1ccccc1. The molecule has 2 rings (SSSR count). The third kappa shape index (κ3) is 2.86. The van der Waals surface area contributed by atoms with Gasteiger partial charge in [0.05, 0.1) is 6.20 Å². The number of hydrogen-bond donors (Lipinski definition) is 0. The zero-order valence-corrected chi connectivity index (χ0v) is 10.8. The van der Waals surface area contributed by atoms with Gasteiger partial charge in [-0.25, -0.2) is 0 Å². The van der Waals surface area contributed by atoms with Crippen LogP contribution in [0.25, 0.3) is 0 Å². The zero-order valence-electron chi connectivity index (χ0n) is 10.8. The van der Waals surface area contributed by atoms with Gasteiger partial charge < -0.3 is 0 Å². The van der Waals surface area contributed by atoms with Crippen LogP contribution in [-0.2, 0) is 18.3 Å². The monoisotopic (exact) mass is 242 g/mol. The predicted molar refractivity (Wildman–Crippen MR) is 71.4 cm³/mol. The van der Waals surface area contributed by atoms with Gasteiger partial charge in [-0.1, -0.05) is 37.3 Å². The standard InChI is InChI=1S/C15H18N2O/c1-3-14(13-7-5-4-6-8-13)15(18)9-12-10-16-17(2)11-12/h4-8,10-11,14H,3,9H2,1-2H3. The predicted octanol–water partition coefficient (Wildman–Crippen LogP) is 2.73. The highest BCUT2D eigenvalue weighted by Crippen LogP contribution is 2.21. The summed E-state index contributed by atoms with van der Waals surface area (Å²) in [7, 11) is 1.86. The van der Waals surface area contributed by atoms with Crippen LogP contribution in [0.4, 0.5) is 0 Å². The number of Topliss-reactive ketones (excluding diaryl/α,β-unsaturated/α-hetero) is 1. The molecule has 1 aromatic heterocycles. The van der Waals surface area contributed by atoms with Crippen LogP contribution in [0.3, 0.4) is 0 Å². The van der Waals surface area contributed by atoms with E-state index in [2.05, 4.69) is 12.0 Å². The third-order valence-electron chi connectivity index (χ3n) is 3.14. The number of hydrogen-bond acceptors (Lipinski definition) is 2. The molecule has 0 saturated carbocycles. The first kappa shape index (κ1) is 12.6. The summed E-state index contributed by atoms with van der Waals surface area (Å²) in [6.45, 7) is 2.05. The van der Waals surface area contributed by atoms with Gasteiger partial charge in [0.25, 0.3) is 0 Å². The van der Waals surface area contributed by atoms with Gasteiger partial charge >= 0.3 is 0 Å². The second kappa shape index (κ2) is 5.63. The van der Waals surface area contributed by atoms with E-state index < -0.39 is 0 Å². The van der Waals surface area contributed by atoms with Crippen molar-refractivity contribution in [1.29, 1.82) is 0 Å². The average molecular weight is 242 g/mol. The molecule has 0 aliphatic rings. The van der Waals surface area contributed by atoms with Crippen molar-refractivity contribution in [1.82, 2.24) is 9.78 Å². The second-order valence-electron chi connectivity index (χ2n) is 4.54. The Bertz CT molecular complexity index is 516. The topological polar surface area (TPSA) is 34.9 Å². The molecule has 94 valence electrons. The molecule has 0 bridgehead atoms. The Morgan fingerprint density at radius 3 is 2.61 bits per heavy atom. The maximum absolute atomic E-state index is 12.3. The fraction of sp³-hybridized carbons (Fsp3) is 0.333.